The minimum atomic E-state index is -0.231. The largest absolute Gasteiger partial charge is 0.383 e. The molecule has 0 atom stereocenters. The van der Waals surface area contributed by atoms with Gasteiger partial charge in [-0.2, -0.15) is 0 Å². The van der Waals surface area contributed by atoms with Gasteiger partial charge < -0.3 is 10.1 Å². The Morgan fingerprint density at radius 1 is 1.20 bits per heavy atom. The zero-order valence-corrected chi connectivity index (χ0v) is 11.5. The van der Waals surface area contributed by atoms with Crippen molar-refractivity contribution < 1.29 is 9.13 Å². The van der Waals surface area contributed by atoms with Gasteiger partial charge in [0, 0.05) is 32.8 Å². The number of aromatic nitrogens is 2. The molecule has 0 bridgehead atoms. The standard InChI is InChI=1S/C15H18FN3O/c1-20-9-8-17-11-14-6-7-18-15(19-14)10-12-2-4-13(16)5-3-12/h2-7,17H,8-11H2,1H3. The van der Waals surface area contributed by atoms with Crippen LogP contribution in [-0.2, 0) is 17.7 Å². The molecule has 0 aliphatic rings. The second-order valence-electron chi connectivity index (χ2n) is 4.44. The molecule has 0 aliphatic heterocycles. The molecule has 20 heavy (non-hydrogen) atoms. The molecule has 0 aliphatic carbocycles. The molecule has 5 heteroatoms. The van der Waals surface area contributed by atoms with E-state index in [2.05, 4.69) is 15.3 Å². The van der Waals surface area contributed by atoms with Crippen molar-refractivity contribution in [3.05, 3.63) is 59.4 Å². The maximum absolute atomic E-state index is 12.8. The highest BCUT2D eigenvalue weighted by molar-refractivity contribution is 5.20. The minimum Gasteiger partial charge on any atom is -0.383 e. The molecule has 2 rings (SSSR count). The van der Waals surface area contributed by atoms with E-state index in [-0.39, 0.29) is 5.82 Å². The first-order chi connectivity index (χ1) is 9.78. The Labute approximate surface area is 118 Å². The number of halogens is 1. The lowest BCUT2D eigenvalue weighted by Gasteiger charge is -2.05. The Hall–Kier alpha value is -1.85. The normalized spacial score (nSPS) is 10.7. The molecule has 0 amide bonds. The van der Waals surface area contributed by atoms with Gasteiger partial charge in [-0.15, -0.1) is 0 Å². The number of rotatable bonds is 7. The Morgan fingerprint density at radius 3 is 2.75 bits per heavy atom. The molecule has 1 N–H and O–H groups in total. The number of hydrogen-bond donors (Lipinski definition) is 1. The third-order valence-electron chi connectivity index (χ3n) is 2.83. The quantitative estimate of drug-likeness (QED) is 0.785. The summed E-state index contributed by atoms with van der Waals surface area (Å²) in [5.74, 6) is 0.508. The van der Waals surface area contributed by atoms with Gasteiger partial charge in [-0.25, -0.2) is 14.4 Å². The molecule has 2 aromatic rings. The highest BCUT2D eigenvalue weighted by Crippen LogP contribution is 2.07. The summed E-state index contributed by atoms with van der Waals surface area (Å²) in [6, 6.07) is 8.29. The van der Waals surface area contributed by atoms with E-state index in [4.69, 9.17) is 4.74 Å². The van der Waals surface area contributed by atoms with Crippen molar-refractivity contribution in [1.29, 1.82) is 0 Å². The summed E-state index contributed by atoms with van der Waals surface area (Å²) in [6.07, 6.45) is 2.35. The first-order valence-corrected chi connectivity index (χ1v) is 6.53. The van der Waals surface area contributed by atoms with Crippen LogP contribution in [0.15, 0.2) is 36.5 Å². The van der Waals surface area contributed by atoms with Gasteiger partial charge in [0.25, 0.3) is 0 Å². The molecule has 106 valence electrons. The summed E-state index contributed by atoms with van der Waals surface area (Å²) in [5, 5.41) is 3.24. The van der Waals surface area contributed by atoms with Crippen LogP contribution in [0.1, 0.15) is 17.1 Å². The molecule has 0 spiro atoms. The van der Waals surface area contributed by atoms with Crippen LogP contribution >= 0.6 is 0 Å². The van der Waals surface area contributed by atoms with Crippen LogP contribution in [0.25, 0.3) is 0 Å². The number of hydrogen-bond acceptors (Lipinski definition) is 4. The first-order valence-electron chi connectivity index (χ1n) is 6.53. The van der Waals surface area contributed by atoms with E-state index in [1.165, 1.54) is 12.1 Å². The third kappa shape index (κ3) is 4.68. The van der Waals surface area contributed by atoms with Gasteiger partial charge in [0.2, 0.25) is 0 Å². The fourth-order valence-electron chi connectivity index (χ4n) is 1.80. The van der Waals surface area contributed by atoms with Crippen LogP contribution in [0, 0.1) is 5.82 Å². The minimum absolute atomic E-state index is 0.231. The van der Waals surface area contributed by atoms with Crippen LogP contribution in [0.5, 0.6) is 0 Å². The molecule has 0 saturated heterocycles. The molecule has 1 aromatic heterocycles. The lowest BCUT2D eigenvalue weighted by atomic mass is 10.1. The second kappa shape index (κ2) is 7.67. The summed E-state index contributed by atoms with van der Waals surface area (Å²) in [5.41, 5.74) is 1.93. The summed E-state index contributed by atoms with van der Waals surface area (Å²) in [7, 11) is 1.67. The number of nitrogens with zero attached hydrogens (tertiary/aromatic N) is 2. The Kier molecular flexibility index (Phi) is 5.58. The molecule has 0 unspecified atom stereocenters. The van der Waals surface area contributed by atoms with Crippen LogP contribution in [0.4, 0.5) is 4.39 Å². The number of ether oxygens (including phenoxy) is 1. The molecule has 0 fully saturated rings. The van der Waals surface area contributed by atoms with Gasteiger partial charge in [0.1, 0.15) is 11.6 Å². The predicted molar refractivity (Wildman–Crippen MR) is 74.8 cm³/mol. The maximum Gasteiger partial charge on any atom is 0.132 e. The second-order valence-corrected chi connectivity index (χ2v) is 4.44. The third-order valence-corrected chi connectivity index (χ3v) is 2.83. The fourth-order valence-corrected chi connectivity index (χ4v) is 1.80. The fraction of sp³-hybridized carbons (Fsp3) is 0.333. The topological polar surface area (TPSA) is 47.0 Å². The van der Waals surface area contributed by atoms with Crippen LogP contribution in [0.2, 0.25) is 0 Å². The molecule has 1 aromatic carbocycles. The van der Waals surface area contributed by atoms with E-state index in [1.54, 1.807) is 25.4 Å². The van der Waals surface area contributed by atoms with Crippen molar-refractivity contribution in [2.75, 3.05) is 20.3 Å². The zero-order valence-electron chi connectivity index (χ0n) is 11.5. The Balaban J connectivity index is 1.93. The smallest absolute Gasteiger partial charge is 0.132 e. The van der Waals surface area contributed by atoms with Crippen LogP contribution in [-0.4, -0.2) is 30.2 Å². The molecule has 0 radical (unpaired) electrons. The molecular formula is C15H18FN3O. The SMILES string of the molecule is COCCNCc1ccnc(Cc2ccc(F)cc2)n1. The van der Waals surface area contributed by atoms with Crippen molar-refractivity contribution in [1.82, 2.24) is 15.3 Å². The highest BCUT2D eigenvalue weighted by atomic mass is 19.1. The van der Waals surface area contributed by atoms with Crippen LogP contribution in [0.3, 0.4) is 0 Å². The van der Waals surface area contributed by atoms with Gasteiger partial charge in [-0.1, -0.05) is 12.1 Å². The summed E-state index contributed by atoms with van der Waals surface area (Å²) < 4.78 is 17.8. The van der Waals surface area contributed by atoms with Gasteiger partial charge in [0.15, 0.2) is 0 Å². The number of benzene rings is 1. The monoisotopic (exact) mass is 275 g/mol. The lowest BCUT2D eigenvalue weighted by molar-refractivity contribution is 0.199. The van der Waals surface area contributed by atoms with Crippen molar-refractivity contribution in [2.45, 2.75) is 13.0 Å². The molecule has 0 saturated carbocycles. The number of nitrogens with one attached hydrogen (secondary N) is 1. The maximum atomic E-state index is 12.8. The van der Waals surface area contributed by atoms with Gasteiger partial charge in [0.05, 0.1) is 12.3 Å². The van der Waals surface area contributed by atoms with E-state index >= 15 is 0 Å². The van der Waals surface area contributed by atoms with E-state index in [0.717, 1.165) is 23.6 Å². The highest BCUT2D eigenvalue weighted by Gasteiger charge is 2.02. The molecule has 1 heterocycles. The molecule has 4 nitrogen and oxygen atoms in total. The van der Waals surface area contributed by atoms with Crippen molar-refractivity contribution >= 4 is 0 Å². The van der Waals surface area contributed by atoms with Gasteiger partial charge in [-0.05, 0) is 23.8 Å². The Bertz CT molecular complexity index is 531. The van der Waals surface area contributed by atoms with E-state index in [9.17, 15) is 4.39 Å². The zero-order chi connectivity index (χ0) is 14.2. The van der Waals surface area contributed by atoms with Crippen LogP contribution < -0.4 is 5.32 Å². The van der Waals surface area contributed by atoms with E-state index in [1.807, 2.05) is 6.07 Å². The first kappa shape index (κ1) is 14.6. The summed E-state index contributed by atoms with van der Waals surface area (Å²) in [6.45, 7) is 2.14. The number of methoxy groups -OCH3 is 1. The van der Waals surface area contributed by atoms with E-state index in [0.29, 0.717) is 19.6 Å². The van der Waals surface area contributed by atoms with Crippen molar-refractivity contribution in [3.8, 4) is 0 Å². The summed E-state index contributed by atoms with van der Waals surface area (Å²) in [4.78, 5) is 8.72. The average molecular weight is 275 g/mol. The predicted octanol–water partition coefficient (Wildman–Crippen LogP) is 1.94. The van der Waals surface area contributed by atoms with Gasteiger partial charge in [-0.3, -0.25) is 0 Å². The van der Waals surface area contributed by atoms with Crippen molar-refractivity contribution in [2.24, 2.45) is 0 Å². The summed E-state index contributed by atoms with van der Waals surface area (Å²) >= 11 is 0. The lowest BCUT2D eigenvalue weighted by Crippen LogP contribution is -2.19. The Morgan fingerprint density at radius 2 is 2.00 bits per heavy atom. The van der Waals surface area contributed by atoms with Gasteiger partial charge >= 0.3 is 0 Å². The average Bonchev–Trinajstić information content (AvgIpc) is 2.47. The van der Waals surface area contributed by atoms with E-state index < -0.39 is 0 Å². The molecular weight excluding hydrogens is 257 g/mol. The van der Waals surface area contributed by atoms with Crippen molar-refractivity contribution in [3.63, 3.8) is 0 Å².